The monoisotopic (exact) mass is 293 g/mol. The summed E-state index contributed by atoms with van der Waals surface area (Å²) in [5.74, 6) is 3.79. The molecule has 1 amide bonds. The fourth-order valence-electron chi connectivity index (χ4n) is 2.04. The SMILES string of the molecule is O=C(NC[C@@H]1CSCCS1)c1cc2ccccc2o1. The molecule has 0 aliphatic carbocycles. The van der Waals surface area contributed by atoms with Crippen LogP contribution in [0.4, 0.5) is 0 Å². The molecular formula is C14H15NO2S2. The Kier molecular flexibility index (Phi) is 4.03. The first-order valence-electron chi connectivity index (χ1n) is 6.29. The van der Waals surface area contributed by atoms with Crippen molar-refractivity contribution < 1.29 is 9.21 Å². The zero-order chi connectivity index (χ0) is 13.1. The fourth-order valence-corrected chi connectivity index (χ4v) is 4.65. The van der Waals surface area contributed by atoms with E-state index in [0.29, 0.717) is 17.6 Å². The Morgan fingerprint density at radius 3 is 3.05 bits per heavy atom. The summed E-state index contributed by atoms with van der Waals surface area (Å²) in [5.41, 5.74) is 0.759. The van der Waals surface area contributed by atoms with E-state index in [1.165, 1.54) is 11.5 Å². The van der Waals surface area contributed by atoms with Crippen LogP contribution in [0.15, 0.2) is 34.7 Å². The van der Waals surface area contributed by atoms with Crippen LogP contribution in [0.25, 0.3) is 11.0 Å². The largest absolute Gasteiger partial charge is 0.451 e. The maximum absolute atomic E-state index is 12.0. The lowest BCUT2D eigenvalue weighted by Crippen LogP contribution is -2.33. The normalized spacial score (nSPS) is 19.5. The number of amides is 1. The number of carbonyl (C=O) groups excluding carboxylic acids is 1. The van der Waals surface area contributed by atoms with Crippen LogP contribution in [0.2, 0.25) is 0 Å². The lowest BCUT2D eigenvalue weighted by molar-refractivity contribution is 0.0929. The van der Waals surface area contributed by atoms with Gasteiger partial charge in [0.15, 0.2) is 5.76 Å². The lowest BCUT2D eigenvalue weighted by Gasteiger charge is -2.20. The summed E-state index contributed by atoms with van der Waals surface area (Å²) in [5, 5.41) is 4.45. The van der Waals surface area contributed by atoms with E-state index >= 15 is 0 Å². The van der Waals surface area contributed by atoms with Gasteiger partial charge in [-0.2, -0.15) is 23.5 Å². The van der Waals surface area contributed by atoms with Gasteiger partial charge in [-0.3, -0.25) is 4.79 Å². The van der Waals surface area contributed by atoms with Gasteiger partial charge in [0.2, 0.25) is 0 Å². The van der Waals surface area contributed by atoms with Crippen LogP contribution in [0, 0.1) is 0 Å². The predicted octanol–water partition coefficient (Wildman–Crippen LogP) is 3.01. The molecule has 1 aliphatic heterocycles. The summed E-state index contributed by atoms with van der Waals surface area (Å²) < 4.78 is 5.55. The van der Waals surface area contributed by atoms with Crippen molar-refractivity contribution in [2.24, 2.45) is 0 Å². The molecule has 5 heteroatoms. The van der Waals surface area contributed by atoms with Gasteiger partial charge < -0.3 is 9.73 Å². The van der Waals surface area contributed by atoms with Gasteiger partial charge in [0.05, 0.1) is 0 Å². The van der Waals surface area contributed by atoms with E-state index < -0.39 is 0 Å². The smallest absolute Gasteiger partial charge is 0.287 e. The zero-order valence-electron chi connectivity index (χ0n) is 10.4. The van der Waals surface area contributed by atoms with Crippen LogP contribution >= 0.6 is 23.5 Å². The molecule has 1 aromatic heterocycles. The zero-order valence-corrected chi connectivity index (χ0v) is 12.1. The van der Waals surface area contributed by atoms with Gasteiger partial charge in [-0.1, -0.05) is 18.2 Å². The van der Waals surface area contributed by atoms with Gasteiger partial charge in [-0.05, 0) is 12.1 Å². The molecular weight excluding hydrogens is 278 g/mol. The first kappa shape index (κ1) is 12.9. The van der Waals surface area contributed by atoms with E-state index in [9.17, 15) is 4.79 Å². The van der Waals surface area contributed by atoms with E-state index in [0.717, 1.165) is 16.7 Å². The predicted molar refractivity (Wildman–Crippen MR) is 82.1 cm³/mol. The molecule has 0 bridgehead atoms. The van der Waals surface area contributed by atoms with Crippen LogP contribution in [0.5, 0.6) is 0 Å². The topological polar surface area (TPSA) is 42.2 Å². The highest BCUT2D eigenvalue weighted by Crippen LogP contribution is 2.23. The van der Waals surface area contributed by atoms with E-state index in [2.05, 4.69) is 5.32 Å². The van der Waals surface area contributed by atoms with E-state index in [1.54, 1.807) is 6.07 Å². The fraction of sp³-hybridized carbons (Fsp3) is 0.357. The molecule has 1 saturated heterocycles. The highest BCUT2D eigenvalue weighted by molar-refractivity contribution is 8.06. The third kappa shape index (κ3) is 3.09. The molecule has 0 unspecified atom stereocenters. The minimum atomic E-state index is -0.118. The highest BCUT2D eigenvalue weighted by atomic mass is 32.2. The molecule has 0 saturated carbocycles. The molecule has 0 spiro atoms. The standard InChI is InChI=1S/C14H15NO2S2/c16-14(15-8-11-9-18-5-6-19-11)13-7-10-3-1-2-4-12(10)17-13/h1-4,7,11H,5-6,8-9H2,(H,15,16)/t11-/m1/s1. The van der Waals surface area contributed by atoms with Crippen molar-refractivity contribution in [2.75, 3.05) is 23.8 Å². The minimum absolute atomic E-state index is 0.118. The lowest BCUT2D eigenvalue weighted by atomic mass is 10.2. The molecule has 1 atom stereocenters. The number of hydrogen-bond donors (Lipinski definition) is 1. The highest BCUT2D eigenvalue weighted by Gasteiger charge is 2.17. The number of fused-ring (bicyclic) bond motifs is 1. The van der Waals surface area contributed by atoms with Gasteiger partial charge in [0.1, 0.15) is 5.58 Å². The molecule has 1 N–H and O–H groups in total. The van der Waals surface area contributed by atoms with Crippen molar-refractivity contribution in [3.8, 4) is 0 Å². The minimum Gasteiger partial charge on any atom is -0.451 e. The number of nitrogens with one attached hydrogen (secondary N) is 1. The van der Waals surface area contributed by atoms with Gasteiger partial charge in [-0.15, -0.1) is 0 Å². The molecule has 2 heterocycles. The van der Waals surface area contributed by atoms with Crippen LogP contribution in [0.3, 0.4) is 0 Å². The van der Waals surface area contributed by atoms with Crippen molar-refractivity contribution in [3.05, 3.63) is 36.1 Å². The van der Waals surface area contributed by atoms with Crippen molar-refractivity contribution >= 4 is 40.4 Å². The molecule has 1 fully saturated rings. The van der Waals surface area contributed by atoms with Crippen molar-refractivity contribution in [2.45, 2.75) is 5.25 Å². The Balaban J connectivity index is 1.63. The molecule has 3 nitrogen and oxygen atoms in total. The Hall–Kier alpha value is -1.07. The first-order chi connectivity index (χ1) is 9.33. The van der Waals surface area contributed by atoms with Crippen LogP contribution in [0.1, 0.15) is 10.6 Å². The molecule has 3 rings (SSSR count). The van der Waals surface area contributed by atoms with Crippen molar-refractivity contribution in [1.82, 2.24) is 5.32 Å². The summed E-state index contributed by atoms with van der Waals surface area (Å²) in [6.07, 6.45) is 0. The molecule has 1 aliphatic rings. The summed E-state index contributed by atoms with van der Waals surface area (Å²) in [4.78, 5) is 12.0. The first-order valence-corrected chi connectivity index (χ1v) is 8.49. The van der Waals surface area contributed by atoms with Crippen LogP contribution < -0.4 is 5.32 Å². The van der Waals surface area contributed by atoms with Crippen molar-refractivity contribution in [1.29, 1.82) is 0 Å². The third-order valence-electron chi connectivity index (χ3n) is 3.02. The number of benzene rings is 1. The molecule has 2 aromatic rings. The molecule has 0 radical (unpaired) electrons. The molecule has 100 valence electrons. The second kappa shape index (κ2) is 5.92. The van der Waals surface area contributed by atoms with Gasteiger partial charge >= 0.3 is 0 Å². The number of furan rings is 1. The summed E-state index contributed by atoms with van der Waals surface area (Å²) in [6, 6.07) is 9.47. The van der Waals surface area contributed by atoms with E-state index in [1.807, 2.05) is 47.8 Å². The van der Waals surface area contributed by atoms with Gasteiger partial charge in [0.25, 0.3) is 5.91 Å². The Labute approximate surface area is 120 Å². The number of carbonyl (C=O) groups is 1. The maximum Gasteiger partial charge on any atom is 0.287 e. The average Bonchev–Trinajstić information content (AvgIpc) is 2.90. The Morgan fingerprint density at radius 2 is 2.26 bits per heavy atom. The maximum atomic E-state index is 12.0. The molecule has 19 heavy (non-hydrogen) atoms. The number of rotatable bonds is 3. The van der Waals surface area contributed by atoms with E-state index in [4.69, 9.17) is 4.42 Å². The third-order valence-corrected chi connectivity index (χ3v) is 5.87. The van der Waals surface area contributed by atoms with Gasteiger partial charge in [-0.25, -0.2) is 0 Å². The quantitative estimate of drug-likeness (QED) is 0.944. The number of hydrogen-bond acceptors (Lipinski definition) is 4. The van der Waals surface area contributed by atoms with Crippen LogP contribution in [-0.4, -0.2) is 35.0 Å². The Morgan fingerprint density at radius 1 is 1.37 bits per heavy atom. The van der Waals surface area contributed by atoms with Crippen LogP contribution in [-0.2, 0) is 0 Å². The average molecular weight is 293 g/mol. The Bertz CT molecular complexity index is 543. The van der Waals surface area contributed by atoms with Gasteiger partial charge in [0, 0.05) is 34.4 Å². The number of thioether (sulfide) groups is 2. The van der Waals surface area contributed by atoms with Crippen molar-refractivity contribution in [3.63, 3.8) is 0 Å². The van der Waals surface area contributed by atoms with E-state index in [-0.39, 0.29) is 5.91 Å². The molecule has 1 aromatic carbocycles. The summed E-state index contributed by atoms with van der Waals surface area (Å²) in [6.45, 7) is 0.716. The summed E-state index contributed by atoms with van der Waals surface area (Å²) >= 11 is 3.90. The number of para-hydroxylation sites is 1. The second-order valence-electron chi connectivity index (χ2n) is 4.43. The summed E-state index contributed by atoms with van der Waals surface area (Å²) in [7, 11) is 0. The second-order valence-corrected chi connectivity index (χ2v) is 6.98.